The van der Waals surface area contributed by atoms with E-state index in [1.165, 1.54) is 0 Å². The number of nitro groups is 1. The summed E-state index contributed by atoms with van der Waals surface area (Å²) in [5.74, 6) is -1.87. The van der Waals surface area contributed by atoms with Crippen molar-refractivity contribution in [2.45, 2.75) is 12.6 Å². The molecular weight excluding hydrogens is 271 g/mol. The summed E-state index contributed by atoms with van der Waals surface area (Å²) in [6, 6.07) is 2.64. The molecule has 0 amide bonds. The number of hydrogen-bond acceptors (Lipinski definition) is 4. The Balaban J connectivity index is 2.89. The minimum Gasteiger partial charge on any atom is -0.492 e. The SMILES string of the molecule is O=C(O)c1cc([N+](=O)[O-])ccc1OCCC(F)(F)F. The number of aromatic carboxylic acids is 1. The van der Waals surface area contributed by atoms with E-state index in [1.54, 1.807) is 0 Å². The van der Waals surface area contributed by atoms with Crippen molar-refractivity contribution in [2.75, 3.05) is 6.61 Å². The second-order valence-electron chi connectivity index (χ2n) is 3.46. The van der Waals surface area contributed by atoms with Gasteiger partial charge in [0.15, 0.2) is 0 Å². The lowest BCUT2D eigenvalue weighted by atomic mass is 10.2. The second-order valence-corrected chi connectivity index (χ2v) is 3.46. The van der Waals surface area contributed by atoms with Gasteiger partial charge in [-0.25, -0.2) is 4.79 Å². The lowest BCUT2D eigenvalue weighted by molar-refractivity contribution is -0.384. The van der Waals surface area contributed by atoms with Crippen molar-refractivity contribution < 1.29 is 32.7 Å². The van der Waals surface area contributed by atoms with E-state index in [0.717, 1.165) is 18.2 Å². The van der Waals surface area contributed by atoms with Crippen molar-refractivity contribution in [1.29, 1.82) is 0 Å². The molecule has 0 unspecified atom stereocenters. The van der Waals surface area contributed by atoms with Crippen LogP contribution in [-0.2, 0) is 0 Å². The zero-order chi connectivity index (χ0) is 14.6. The molecule has 1 rings (SSSR count). The number of nitro benzene ring substituents is 1. The highest BCUT2D eigenvalue weighted by Gasteiger charge is 2.27. The van der Waals surface area contributed by atoms with Gasteiger partial charge < -0.3 is 9.84 Å². The molecule has 9 heteroatoms. The third-order valence-corrected chi connectivity index (χ3v) is 2.05. The van der Waals surface area contributed by atoms with Gasteiger partial charge >= 0.3 is 12.1 Å². The number of halogens is 3. The fraction of sp³-hybridized carbons (Fsp3) is 0.300. The van der Waals surface area contributed by atoms with Gasteiger partial charge in [-0.15, -0.1) is 0 Å². The molecule has 104 valence electrons. The maximum absolute atomic E-state index is 11.9. The lowest BCUT2D eigenvalue weighted by Crippen LogP contribution is -2.14. The molecule has 6 nitrogen and oxygen atoms in total. The summed E-state index contributed by atoms with van der Waals surface area (Å²) in [6.45, 7) is -0.762. The first-order valence-electron chi connectivity index (χ1n) is 4.92. The number of ether oxygens (including phenoxy) is 1. The molecule has 1 aromatic carbocycles. The highest BCUT2D eigenvalue weighted by Crippen LogP contribution is 2.26. The van der Waals surface area contributed by atoms with Gasteiger partial charge in [0, 0.05) is 12.1 Å². The number of non-ortho nitro benzene ring substituents is 1. The van der Waals surface area contributed by atoms with Crippen LogP contribution < -0.4 is 4.74 Å². The molecular formula is C10H8F3NO5. The number of nitrogens with zero attached hydrogens (tertiary/aromatic N) is 1. The van der Waals surface area contributed by atoms with Gasteiger partial charge in [0.25, 0.3) is 5.69 Å². The summed E-state index contributed by atoms with van der Waals surface area (Å²) in [6.07, 6.45) is -5.67. The summed E-state index contributed by atoms with van der Waals surface area (Å²) in [5.41, 5.74) is -1.04. The molecule has 0 aliphatic rings. The van der Waals surface area contributed by atoms with E-state index < -0.39 is 41.3 Å². The number of alkyl halides is 3. The fourth-order valence-corrected chi connectivity index (χ4v) is 1.20. The van der Waals surface area contributed by atoms with Crippen molar-refractivity contribution in [2.24, 2.45) is 0 Å². The summed E-state index contributed by atoms with van der Waals surface area (Å²) in [7, 11) is 0. The summed E-state index contributed by atoms with van der Waals surface area (Å²) in [4.78, 5) is 20.5. The minimum atomic E-state index is -4.43. The van der Waals surface area contributed by atoms with Crippen LogP contribution in [0.2, 0.25) is 0 Å². The molecule has 0 fully saturated rings. The first-order valence-corrected chi connectivity index (χ1v) is 4.92. The van der Waals surface area contributed by atoms with Gasteiger partial charge in [0.05, 0.1) is 18.0 Å². The van der Waals surface area contributed by atoms with Crippen molar-refractivity contribution in [3.63, 3.8) is 0 Å². The molecule has 0 bridgehead atoms. The molecule has 0 spiro atoms. The maximum atomic E-state index is 11.9. The number of carbonyl (C=O) groups is 1. The smallest absolute Gasteiger partial charge is 0.392 e. The molecule has 19 heavy (non-hydrogen) atoms. The van der Waals surface area contributed by atoms with E-state index in [9.17, 15) is 28.1 Å². The van der Waals surface area contributed by atoms with Crippen LogP contribution in [0.1, 0.15) is 16.8 Å². The molecule has 0 saturated carbocycles. The van der Waals surface area contributed by atoms with Gasteiger partial charge in [-0.05, 0) is 6.07 Å². The number of rotatable bonds is 5. The van der Waals surface area contributed by atoms with E-state index in [4.69, 9.17) is 5.11 Å². The van der Waals surface area contributed by atoms with Crippen molar-refractivity contribution in [1.82, 2.24) is 0 Å². The van der Waals surface area contributed by atoms with E-state index in [-0.39, 0.29) is 5.75 Å². The first kappa shape index (κ1) is 14.7. The third-order valence-electron chi connectivity index (χ3n) is 2.05. The van der Waals surface area contributed by atoms with E-state index in [2.05, 4.69) is 4.74 Å². The quantitative estimate of drug-likeness (QED) is 0.661. The average Bonchev–Trinajstić information content (AvgIpc) is 2.27. The fourth-order valence-electron chi connectivity index (χ4n) is 1.20. The number of benzene rings is 1. The predicted octanol–water partition coefficient (Wildman–Crippen LogP) is 2.62. The minimum absolute atomic E-state index is 0.345. The Bertz CT molecular complexity index is 500. The summed E-state index contributed by atoms with van der Waals surface area (Å²) in [5, 5.41) is 19.3. The third kappa shape index (κ3) is 4.45. The molecule has 1 aromatic rings. The Morgan fingerprint density at radius 1 is 1.42 bits per heavy atom. The molecule has 1 N–H and O–H groups in total. The van der Waals surface area contributed by atoms with Crippen molar-refractivity contribution in [3.8, 4) is 5.75 Å². The van der Waals surface area contributed by atoms with Crippen LogP contribution in [0, 0.1) is 10.1 Å². The Morgan fingerprint density at radius 3 is 2.53 bits per heavy atom. The first-order chi connectivity index (χ1) is 8.70. The largest absolute Gasteiger partial charge is 0.492 e. The normalized spacial score (nSPS) is 11.1. The maximum Gasteiger partial charge on any atom is 0.392 e. The van der Waals surface area contributed by atoms with Crippen LogP contribution >= 0.6 is 0 Å². The van der Waals surface area contributed by atoms with Crippen LogP contribution in [0.4, 0.5) is 18.9 Å². The van der Waals surface area contributed by atoms with Crippen molar-refractivity contribution >= 4 is 11.7 Å². The van der Waals surface area contributed by atoms with Crippen molar-refractivity contribution in [3.05, 3.63) is 33.9 Å². The van der Waals surface area contributed by atoms with Gasteiger partial charge in [-0.3, -0.25) is 10.1 Å². The number of hydrogen-bond donors (Lipinski definition) is 1. The topological polar surface area (TPSA) is 89.7 Å². The molecule has 0 aromatic heterocycles. The lowest BCUT2D eigenvalue weighted by Gasteiger charge is -2.10. The standard InChI is InChI=1S/C10H8F3NO5/c11-10(12,13)3-4-19-8-2-1-6(14(17)18)5-7(8)9(15)16/h1-2,5H,3-4H2,(H,15,16). The van der Waals surface area contributed by atoms with Gasteiger partial charge in [0.2, 0.25) is 0 Å². The zero-order valence-corrected chi connectivity index (χ0v) is 9.31. The van der Waals surface area contributed by atoms with Crippen LogP contribution in [0.3, 0.4) is 0 Å². The van der Waals surface area contributed by atoms with Crippen LogP contribution in [0.5, 0.6) is 5.75 Å². The highest BCUT2D eigenvalue weighted by molar-refractivity contribution is 5.91. The van der Waals surface area contributed by atoms with Gasteiger partial charge in [-0.2, -0.15) is 13.2 Å². The zero-order valence-electron chi connectivity index (χ0n) is 9.31. The molecule has 0 aliphatic carbocycles. The summed E-state index contributed by atoms with van der Waals surface area (Å²) < 4.78 is 40.4. The van der Waals surface area contributed by atoms with Gasteiger partial charge in [-0.1, -0.05) is 0 Å². The van der Waals surface area contributed by atoms with Gasteiger partial charge in [0.1, 0.15) is 11.3 Å². The molecule has 0 radical (unpaired) electrons. The van der Waals surface area contributed by atoms with Crippen LogP contribution in [-0.4, -0.2) is 28.8 Å². The molecule has 0 heterocycles. The summed E-state index contributed by atoms with van der Waals surface area (Å²) >= 11 is 0. The van der Waals surface area contributed by atoms with E-state index >= 15 is 0 Å². The Morgan fingerprint density at radius 2 is 2.05 bits per heavy atom. The molecule has 0 aliphatic heterocycles. The Hall–Kier alpha value is -2.32. The highest BCUT2D eigenvalue weighted by atomic mass is 19.4. The Labute approximate surface area is 104 Å². The number of carboxylic acid groups (broad SMARTS) is 1. The Kier molecular flexibility index (Phi) is 4.30. The monoisotopic (exact) mass is 279 g/mol. The van der Waals surface area contributed by atoms with Crippen LogP contribution in [0.15, 0.2) is 18.2 Å². The molecule has 0 saturated heterocycles. The average molecular weight is 279 g/mol. The van der Waals surface area contributed by atoms with E-state index in [1.807, 2.05) is 0 Å². The van der Waals surface area contributed by atoms with E-state index in [0.29, 0.717) is 0 Å². The predicted molar refractivity (Wildman–Crippen MR) is 56.2 cm³/mol. The molecule has 0 atom stereocenters. The van der Waals surface area contributed by atoms with Crippen LogP contribution in [0.25, 0.3) is 0 Å². The number of carboxylic acids is 1. The second kappa shape index (κ2) is 5.55.